The highest BCUT2D eigenvalue weighted by molar-refractivity contribution is 5.88. The minimum atomic E-state index is 0.0812. The van der Waals surface area contributed by atoms with Gasteiger partial charge >= 0.3 is 0 Å². The van der Waals surface area contributed by atoms with Gasteiger partial charge in [-0.2, -0.15) is 0 Å². The van der Waals surface area contributed by atoms with Crippen molar-refractivity contribution in [2.75, 3.05) is 0 Å². The molecule has 0 amide bonds. The van der Waals surface area contributed by atoms with Gasteiger partial charge in [-0.05, 0) is 56.8 Å². The molecule has 0 aromatic carbocycles. The lowest BCUT2D eigenvalue weighted by Gasteiger charge is -2.23. The summed E-state index contributed by atoms with van der Waals surface area (Å²) in [6.07, 6.45) is 13.1. The monoisotopic (exact) mass is 330 g/mol. The van der Waals surface area contributed by atoms with Gasteiger partial charge in [0.25, 0.3) is 0 Å². The fraction of sp³-hybridized carbons (Fsp3) is 0.522. The number of carbonyl (C=O) groups excluding carboxylic acids is 1. The first-order chi connectivity index (χ1) is 11.1. The summed E-state index contributed by atoms with van der Waals surface area (Å²) in [5.41, 5.74) is 5.16. The summed E-state index contributed by atoms with van der Waals surface area (Å²) in [5.74, 6) is 0.0812. The molecule has 24 heavy (non-hydrogen) atoms. The zero-order valence-electron chi connectivity index (χ0n) is 17.6. The predicted molar refractivity (Wildman–Crippen MR) is 110 cm³/mol. The zero-order chi connectivity index (χ0) is 19.3. The average molecular weight is 331 g/mol. The number of carbonyl (C=O) groups is 1. The first-order valence-corrected chi connectivity index (χ1v) is 9.00. The molecular weight excluding hydrogens is 292 g/mol. The molecule has 0 saturated carbocycles. The second-order valence-corrected chi connectivity index (χ2v) is 6.90. The van der Waals surface area contributed by atoms with E-state index in [2.05, 4.69) is 59.8 Å². The van der Waals surface area contributed by atoms with Crippen LogP contribution in [0.4, 0.5) is 0 Å². The molecule has 0 aliphatic carbocycles. The second-order valence-electron chi connectivity index (χ2n) is 6.90. The summed E-state index contributed by atoms with van der Waals surface area (Å²) >= 11 is 0. The molecule has 0 aliphatic heterocycles. The van der Waals surface area contributed by atoms with Crippen molar-refractivity contribution in [1.29, 1.82) is 0 Å². The molecule has 0 heterocycles. The summed E-state index contributed by atoms with van der Waals surface area (Å²) in [6.45, 7) is 20.7. The molecule has 0 aromatic rings. The third kappa shape index (κ3) is 11.9. The van der Waals surface area contributed by atoms with Crippen molar-refractivity contribution >= 4 is 5.78 Å². The quantitative estimate of drug-likeness (QED) is 0.367. The van der Waals surface area contributed by atoms with Crippen molar-refractivity contribution in [3.63, 3.8) is 0 Å². The van der Waals surface area contributed by atoms with Crippen LogP contribution in [0.3, 0.4) is 0 Å². The van der Waals surface area contributed by atoms with Crippen LogP contribution in [0.1, 0.15) is 75.7 Å². The first kappa shape index (κ1) is 24.6. The number of rotatable bonds is 6. The fourth-order valence-electron chi connectivity index (χ4n) is 2.21. The normalized spacial score (nSPS) is 14.6. The van der Waals surface area contributed by atoms with Gasteiger partial charge in [-0.3, -0.25) is 4.79 Å². The van der Waals surface area contributed by atoms with Gasteiger partial charge in [0.1, 0.15) is 0 Å². The molecule has 0 atom stereocenters. The van der Waals surface area contributed by atoms with Crippen molar-refractivity contribution in [2.24, 2.45) is 5.41 Å². The maximum atomic E-state index is 11.0. The molecule has 136 valence electrons. The molecule has 0 bridgehead atoms. The van der Waals surface area contributed by atoms with Crippen molar-refractivity contribution in [2.45, 2.75) is 75.7 Å². The van der Waals surface area contributed by atoms with E-state index < -0.39 is 0 Å². The maximum absolute atomic E-state index is 11.0. The van der Waals surface area contributed by atoms with Gasteiger partial charge in [0, 0.05) is 0 Å². The van der Waals surface area contributed by atoms with E-state index in [1.54, 1.807) is 13.0 Å². The van der Waals surface area contributed by atoms with Crippen LogP contribution in [0.2, 0.25) is 0 Å². The third-order valence-electron chi connectivity index (χ3n) is 3.46. The van der Waals surface area contributed by atoms with Gasteiger partial charge in [-0.25, -0.2) is 0 Å². The Morgan fingerprint density at radius 2 is 1.42 bits per heavy atom. The summed E-state index contributed by atoms with van der Waals surface area (Å²) in [7, 11) is 0. The van der Waals surface area contributed by atoms with E-state index in [0.29, 0.717) is 0 Å². The average Bonchev–Trinajstić information content (AvgIpc) is 2.47. The van der Waals surface area contributed by atoms with Crippen molar-refractivity contribution in [3.05, 3.63) is 58.7 Å². The van der Waals surface area contributed by atoms with Crippen LogP contribution < -0.4 is 0 Å². The van der Waals surface area contributed by atoms with E-state index in [0.717, 1.165) is 12.0 Å². The number of hydrogen-bond donors (Lipinski definition) is 0. The Hall–Kier alpha value is -1.63. The van der Waals surface area contributed by atoms with Gasteiger partial charge in [0.2, 0.25) is 0 Å². The summed E-state index contributed by atoms with van der Waals surface area (Å²) in [4.78, 5) is 11.0. The highest BCUT2D eigenvalue weighted by Crippen LogP contribution is 2.30. The molecule has 0 N–H and O–H groups in total. The van der Waals surface area contributed by atoms with Crippen LogP contribution in [0, 0.1) is 5.41 Å². The van der Waals surface area contributed by atoms with Crippen molar-refractivity contribution < 1.29 is 4.79 Å². The van der Waals surface area contributed by atoms with E-state index in [-0.39, 0.29) is 11.2 Å². The minimum Gasteiger partial charge on any atom is -0.295 e. The molecule has 1 nitrogen and oxygen atoms in total. The van der Waals surface area contributed by atoms with E-state index >= 15 is 0 Å². The zero-order valence-corrected chi connectivity index (χ0v) is 17.6. The number of hydrogen-bond acceptors (Lipinski definition) is 1. The van der Waals surface area contributed by atoms with Crippen LogP contribution in [-0.2, 0) is 4.79 Å². The predicted octanol–water partition coefficient (Wildman–Crippen LogP) is 7.38. The second kappa shape index (κ2) is 12.8. The van der Waals surface area contributed by atoms with E-state index in [1.807, 2.05) is 32.9 Å². The Balaban J connectivity index is 0. The molecule has 0 spiro atoms. The number of allylic oxidation sites excluding steroid dienone is 10. The largest absolute Gasteiger partial charge is 0.295 e. The Morgan fingerprint density at radius 1 is 0.875 bits per heavy atom. The van der Waals surface area contributed by atoms with Crippen LogP contribution in [0.25, 0.3) is 0 Å². The molecular formula is C23H38O. The first-order valence-electron chi connectivity index (χ1n) is 9.00. The number of ketones is 1. The van der Waals surface area contributed by atoms with E-state index in [4.69, 9.17) is 0 Å². The van der Waals surface area contributed by atoms with Crippen LogP contribution in [-0.4, -0.2) is 5.78 Å². The van der Waals surface area contributed by atoms with E-state index in [1.165, 1.54) is 16.7 Å². The highest BCUT2D eigenvalue weighted by atomic mass is 16.1. The van der Waals surface area contributed by atoms with Crippen molar-refractivity contribution in [3.8, 4) is 0 Å². The lowest BCUT2D eigenvalue weighted by atomic mass is 9.82. The molecule has 0 aliphatic rings. The molecule has 0 unspecified atom stereocenters. The topological polar surface area (TPSA) is 17.1 Å². The molecule has 0 radical (unpaired) electrons. The Bertz CT molecular complexity index is 529. The van der Waals surface area contributed by atoms with Crippen molar-refractivity contribution in [1.82, 2.24) is 0 Å². The standard InChI is InChI=1S/C21H32O.C2H6/c1-9-18(4)20(21(6,7)8)14-13-16(2)11-10-12-17(3)15-19(5)22;1-2/h10-15H,9H2,1-8H3;1-2H3/b12-10+,14-13+,16-11+,17-15+,20-18-;. The molecule has 0 aromatic heterocycles. The summed E-state index contributed by atoms with van der Waals surface area (Å²) < 4.78 is 0. The van der Waals surface area contributed by atoms with Crippen LogP contribution in [0.5, 0.6) is 0 Å². The molecule has 0 saturated heterocycles. The Labute approximate surface area is 150 Å². The maximum Gasteiger partial charge on any atom is 0.152 e. The van der Waals surface area contributed by atoms with Crippen LogP contribution >= 0.6 is 0 Å². The third-order valence-corrected chi connectivity index (χ3v) is 3.46. The van der Waals surface area contributed by atoms with Gasteiger partial charge in [-0.1, -0.05) is 83.1 Å². The smallest absolute Gasteiger partial charge is 0.152 e. The highest BCUT2D eigenvalue weighted by Gasteiger charge is 2.16. The van der Waals surface area contributed by atoms with E-state index in [9.17, 15) is 4.79 Å². The molecule has 0 rings (SSSR count). The Kier molecular flexibility index (Phi) is 13.1. The summed E-state index contributed by atoms with van der Waals surface area (Å²) in [6, 6.07) is 0. The lowest BCUT2D eigenvalue weighted by Crippen LogP contribution is -2.09. The molecule has 0 fully saturated rings. The summed E-state index contributed by atoms with van der Waals surface area (Å²) in [5, 5.41) is 0. The van der Waals surface area contributed by atoms with Gasteiger partial charge < -0.3 is 0 Å². The minimum absolute atomic E-state index is 0.0812. The molecule has 1 heteroatoms. The SMILES string of the molecule is CC.CC/C(C)=C(/C=C/C(C)=C/C=C/C(C)=C/C(C)=O)C(C)(C)C. The lowest BCUT2D eigenvalue weighted by molar-refractivity contribution is -0.112. The van der Waals surface area contributed by atoms with Crippen LogP contribution in [0.15, 0.2) is 58.7 Å². The van der Waals surface area contributed by atoms with Gasteiger partial charge in [0.15, 0.2) is 5.78 Å². The van der Waals surface area contributed by atoms with Gasteiger partial charge in [-0.15, -0.1) is 0 Å². The fourth-order valence-corrected chi connectivity index (χ4v) is 2.21. The Morgan fingerprint density at radius 3 is 1.83 bits per heavy atom. The van der Waals surface area contributed by atoms with Gasteiger partial charge in [0.05, 0.1) is 0 Å².